The normalized spacial score (nSPS) is 26.4. The maximum absolute atomic E-state index is 5.69. The monoisotopic (exact) mass is 267 g/mol. The highest BCUT2D eigenvalue weighted by atomic mass is 15.3. The van der Waals surface area contributed by atoms with Crippen molar-refractivity contribution in [1.82, 2.24) is 9.80 Å². The summed E-state index contributed by atoms with van der Waals surface area (Å²) in [5.41, 5.74) is 6.12. The van der Waals surface area contributed by atoms with Crippen LogP contribution < -0.4 is 5.73 Å². The van der Waals surface area contributed by atoms with Gasteiger partial charge in [0.15, 0.2) is 0 Å². The summed E-state index contributed by atoms with van der Waals surface area (Å²) in [4.78, 5) is 5.44. The fourth-order valence-corrected chi connectivity index (χ4v) is 3.78. The van der Waals surface area contributed by atoms with E-state index in [0.717, 1.165) is 19.0 Å². The van der Waals surface area contributed by atoms with Gasteiger partial charge in [0, 0.05) is 12.6 Å². The van der Waals surface area contributed by atoms with Gasteiger partial charge in [-0.3, -0.25) is 4.90 Å². The average Bonchev–Trinajstić information content (AvgIpc) is 2.68. The molecule has 2 heterocycles. The molecular formula is C16H33N3. The number of fused-ring (bicyclic) bond motifs is 1. The molecule has 2 saturated heterocycles. The zero-order valence-corrected chi connectivity index (χ0v) is 13.0. The Hall–Kier alpha value is -0.120. The van der Waals surface area contributed by atoms with Crippen LogP contribution in [0.4, 0.5) is 0 Å². The van der Waals surface area contributed by atoms with E-state index in [0.29, 0.717) is 5.41 Å². The third kappa shape index (κ3) is 4.73. The molecule has 2 aliphatic heterocycles. The number of hydrogen-bond acceptors (Lipinski definition) is 3. The molecule has 1 atom stereocenters. The smallest absolute Gasteiger partial charge is 0.0223 e. The summed E-state index contributed by atoms with van der Waals surface area (Å²) < 4.78 is 0. The van der Waals surface area contributed by atoms with E-state index in [-0.39, 0.29) is 0 Å². The van der Waals surface area contributed by atoms with Crippen LogP contribution in [0.5, 0.6) is 0 Å². The van der Waals surface area contributed by atoms with Crippen molar-refractivity contribution in [3.05, 3.63) is 0 Å². The van der Waals surface area contributed by atoms with Gasteiger partial charge in [0.2, 0.25) is 0 Å². The van der Waals surface area contributed by atoms with E-state index in [4.69, 9.17) is 5.73 Å². The molecule has 0 aromatic carbocycles. The van der Waals surface area contributed by atoms with Gasteiger partial charge in [-0.15, -0.1) is 0 Å². The fraction of sp³-hybridized carbons (Fsp3) is 1.00. The van der Waals surface area contributed by atoms with Gasteiger partial charge in [0.1, 0.15) is 0 Å². The van der Waals surface area contributed by atoms with Crippen molar-refractivity contribution in [2.75, 3.05) is 39.3 Å². The Balaban J connectivity index is 1.70. The van der Waals surface area contributed by atoms with E-state index >= 15 is 0 Å². The molecular weight excluding hydrogens is 234 g/mol. The number of hydrogen-bond donors (Lipinski definition) is 1. The second kappa shape index (κ2) is 7.05. The van der Waals surface area contributed by atoms with Crippen molar-refractivity contribution in [1.29, 1.82) is 0 Å². The Morgan fingerprint density at radius 3 is 2.68 bits per heavy atom. The maximum atomic E-state index is 5.69. The molecule has 2 rings (SSSR count). The molecule has 112 valence electrons. The van der Waals surface area contributed by atoms with Crippen LogP contribution in [0.25, 0.3) is 0 Å². The lowest BCUT2D eigenvalue weighted by Crippen LogP contribution is -2.37. The van der Waals surface area contributed by atoms with Gasteiger partial charge in [0.05, 0.1) is 0 Å². The van der Waals surface area contributed by atoms with E-state index in [9.17, 15) is 0 Å². The lowest BCUT2D eigenvalue weighted by Gasteiger charge is -2.28. The highest BCUT2D eigenvalue weighted by Crippen LogP contribution is 2.27. The maximum Gasteiger partial charge on any atom is 0.0223 e. The van der Waals surface area contributed by atoms with Gasteiger partial charge in [-0.25, -0.2) is 0 Å². The molecule has 2 aliphatic rings. The minimum absolute atomic E-state index is 0.431. The van der Waals surface area contributed by atoms with Gasteiger partial charge in [-0.2, -0.15) is 0 Å². The van der Waals surface area contributed by atoms with Crippen molar-refractivity contribution >= 4 is 0 Å². The summed E-state index contributed by atoms with van der Waals surface area (Å²) >= 11 is 0. The molecule has 0 aromatic heterocycles. The van der Waals surface area contributed by atoms with Crippen molar-refractivity contribution < 1.29 is 0 Å². The molecule has 0 saturated carbocycles. The molecule has 2 fully saturated rings. The van der Waals surface area contributed by atoms with Crippen LogP contribution in [0.2, 0.25) is 0 Å². The lowest BCUT2D eigenvalue weighted by atomic mass is 9.84. The van der Waals surface area contributed by atoms with Crippen LogP contribution in [0.15, 0.2) is 0 Å². The fourth-order valence-electron chi connectivity index (χ4n) is 3.78. The Labute approximate surface area is 119 Å². The van der Waals surface area contributed by atoms with Gasteiger partial charge in [-0.05, 0) is 76.7 Å². The first-order valence-corrected chi connectivity index (χ1v) is 8.27. The lowest BCUT2D eigenvalue weighted by molar-refractivity contribution is 0.206. The quantitative estimate of drug-likeness (QED) is 0.801. The summed E-state index contributed by atoms with van der Waals surface area (Å²) in [6.45, 7) is 12.2. The predicted molar refractivity (Wildman–Crippen MR) is 82.3 cm³/mol. The van der Waals surface area contributed by atoms with Gasteiger partial charge in [0.25, 0.3) is 0 Å². The summed E-state index contributed by atoms with van der Waals surface area (Å²) in [5, 5.41) is 0. The highest BCUT2D eigenvalue weighted by molar-refractivity contribution is 4.85. The molecule has 0 spiro atoms. The Kier molecular flexibility index (Phi) is 5.67. The Bertz CT molecular complexity index is 265. The first-order chi connectivity index (χ1) is 9.11. The summed E-state index contributed by atoms with van der Waals surface area (Å²) in [6, 6.07) is 0.861. The molecule has 0 aliphatic carbocycles. The van der Waals surface area contributed by atoms with Crippen LogP contribution in [-0.4, -0.2) is 55.1 Å². The number of nitrogens with zero attached hydrogens (tertiary/aromatic N) is 2. The molecule has 0 bridgehead atoms. The predicted octanol–water partition coefficient (Wildman–Crippen LogP) is 2.31. The van der Waals surface area contributed by atoms with Gasteiger partial charge >= 0.3 is 0 Å². The van der Waals surface area contributed by atoms with Crippen LogP contribution in [-0.2, 0) is 0 Å². The van der Waals surface area contributed by atoms with Crippen LogP contribution in [0.1, 0.15) is 52.4 Å². The molecule has 0 aromatic rings. The second-order valence-corrected chi connectivity index (χ2v) is 7.29. The third-order valence-corrected chi connectivity index (χ3v) is 5.04. The largest absolute Gasteiger partial charge is 0.330 e. The van der Waals surface area contributed by atoms with Gasteiger partial charge < -0.3 is 10.6 Å². The average molecular weight is 267 g/mol. The molecule has 1 unspecified atom stereocenters. The first kappa shape index (κ1) is 15.3. The zero-order chi connectivity index (χ0) is 13.7. The van der Waals surface area contributed by atoms with Crippen LogP contribution in [0.3, 0.4) is 0 Å². The topological polar surface area (TPSA) is 32.5 Å². The van der Waals surface area contributed by atoms with Crippen LogP contribution in [0, 0.1) is 5.41 Å². The van der Waals surface area contributed by atoms with Crippen molar-refractivity contribution in [3.8, 4) is 0 Å². The van der Waals surface area contributed by atoms with E-state index < -0.39 is 0 Å². The number of rotatable bonds is 6. The first-order valence-electron chi connectivity index (χ1n) is 8.27. The SMILES string of the molecule is CC(C)(CCN)CCCN1CCCN2CCCC2C1. The zero-order valence-electron chi connectivity index (χ0n) is 13.0. The van der Waals surface area contributed by atoms with Gasteiger partial charge in [-0.1, -0.05) is 13.8 Å². The van der Waals surface area contributed by atoms with Crippen molar-refractivity contribution in [2.24, 2.45) is 11.1 Å². The Morgan fingerprint density at radius 1 is 1.11 bits per heavy atom. The molecule has 3 heteroatoms. The minimum atomic E-state index is 0.431. The van der Waals surface area contributed by atoms with E-state index in [1.807, 2.05) is 0 Å². The third-order valence-electron chi connectivity index (χ3n) is 5.04. The summed E-state index contributed by atoms with van der Waals surface area (Å²) in [5.74, 6) is 0. The van der Waals surface area contributed by atoms with Crippen LogP contribution >= 0.6 is 0 Å². The molecule has 0 amide bonds. The summed E-state index contributed by atoms with van der Waals surface area (Å²) in [6.07, 6.45) is 8.01. The molecule has 19 heavy (non-hydrogen) atoms. The molecule has 0 radical (unpaired) electrons. The summed E-state index contributed by atoms with van der Waals surface area (Å²) in [7, 11) is 0. The Morgan fingerprint density at radius 2 is 1.89 bits per heavy atom. The van der Waals surface area contributed by atoms with E-state index in [1.165, 1.54) is 64.8 Å². The number of nitrogens with two attached hydrogens (primary N) is 1. The molecule has 3 nitrogen and oxygen atoms in total. The second-order valence-electron chi connectivity index (χ2n) is 7.29. The van der Waals surface area contributed by atoms with Crippen molar-refractivity contribution in [2.45, 2.75) is 58.4 Å². The molecule has 2 N–H and O–H groups in total. The standard InChI is InChI=1S/C16H33N3/c1-16(2,8-9-17)7-4-10-18-11-5-13-19-12-3-6-15(19)14-18/h15H,3-14,17H2,1-2H3. The van der Waals surface area contributed by atoms with E-state index in [1.54, 1.807) is 0 Å². The minimum Gasteiger partial charge on any atom is -0.330 e. The van der Waals surface area contributed by atoms with Crippen molar-refractivity contribution in [3.63, 3.8) is 0 Å². The highest BCUT2D eigenvalue weighted by Gasteiger charge is 2.28. The van der Waals surface area contributed by atoms with E-state index in [2.05, 4.69) is 23.6 Å².